The molecule has 4 rings (SSSR count). The quantitative estimate of drug-likeness (QED) is 0.696. The third-order valence-electron chi connectivity index (χ3n) is 5.36. The highest BCUT2D eigenvalue weighted by Gasteiger charge is 2.26. The van der Waals surface area contributed by atoms with Crippen molar-refractivity contribution < 1.29 is 13.2 Å². The number of piperidine rings is 1. The molecule has 0 bridgehead atoms. The summed E-state index contributed by atoms with van der Waals surface area (Å²) in [5, 5.41) is 2.68. The van der Waals surface area contributed by atoms with Crippen LogP contribution in [-0.4, -0.2) is 38.3 Å². The molecule has 6 nitrogen and oxygen atoms in total. The average molecular weight is 444 g/mol. The highest BCUT2D eigenvalue weighted by Crippen LogP contribution is 2.33. The van der Waals surface area contributed by atoms with Crippen LogP contribution in [0.25, 0.3) is 0 Å². The van der Waals surface area contributed by atoms with Gasteiger partial charge in [-0.25, -0.2) is 12.7 Å². The minimum Gasteiger partial charge on any atom is -0.323 e. The number of benzene rings is 2. The van der Waals surface area contributed by atoms with Crippen LogP contribution in [0.2, 0.25) is 0 Å². The van der Waals surface area contributed by atoms with Gasteiger partial charge in [-0.05, 0) is 73.4 Å². The van der Waals surface area contributed by atoms with Gasteiger partial charge in [0.2, 0.25) is 5.91 Å². The van der Waals surface area contributed by atoms with E-state index in [0.29, 0.717) is 17.1 Å². The number of nitrogens with zero attached hydrogens (tertiary/aromatic N) is 2. The lowest BCUT2D eigenvalue weighted by Crippen LogP contribution is -2.31. The minimum absolute atomic E-state index is 0.282. The van der Waals surface area contributed by atoms with Crippen molar-refractivity contribution in [3.8, 4) is 0 Å². The third kappa shape index (κ3) is 4.40. The minimum atomic E-state index is -1.35. The lowest BCUT2D eigenvalue weighted by molar-refractivity contribution is -0.111. The molecule has 0 spiro atoms. The Morgan fingerprint density at radius 3 is 2.33 bits per heavy atom. The molecule has 0 aliphatic carbocycles. The lowest BCUT2D eigenvalue weighted by Gasteiger charge is -2.25. The summed E-state index contributed by atoms with van der Waals surface area (Å²) in [6.45, 7) is 5.84. The summed E-state index contributed by atoms with van der Waals surface area (Å²) in [7, 11) is -2.48. The fourth-order valence-electron chi connectivity index (χ4n) is 3.78. The number of nitrogens with one attached hydrogen (secondary N) is 1. The van der Waals surface area contributed by atoms with Crippen LogP contribution in [0.15, 0.2) is 64.9 Å². The Kier molecular flexibility index (Phi) is 6.46. The summed E-state index contributed by atoms with van der Waals surface area (Å²) in [6.07, 6.45) is 5.39. The first kappa shape index (κ1) is 21.0. The summed E-state index contributed by atoms with van der Waals surface area (Å²) < 4.78 is 29.9. The Balaban J connectivity index is 1.49. The highest BCUT2D eigenvalue weighted by atomic mass is 32.2. The molecule has 0 saturated carbocycles. The first-order valence-electron chi connectivity index (χ1n) is 10.1. The summed E-state index contributed by atoms with van der Waals surface area (Å²) >= 11 is 0. The second-order valence-corrected chi connectivity index (χ2v) is 10.2. The first-order valence-corrected chi connectivity index (χ1v) is 12.3. The molecular weight excluding hydrogens is 418 g/mol. The third-order valence-corrected chi connectivity index (χ3v) is 8.31. The fraction of sp³-hybridized carbons (Fsp3) is 0.318. The number of carbonyl (C=O) groups excluding carboxylic acids is 1. The van der Waals surface area contributed by atoms with Crippen molar-refractivity contribution in [2.24, 2.45) is 0 Å². The van der Waals surface area contributed by atoms with Gasteiger partial charge in [-0.15, -0.1) is 0 Å². The van der Waals surface area contributed by atoms with E-state index in [4.69, 9.17) is 0 Å². The molecule has 2 aliphatic heterocycles. The second kappa shape index (κ2) is 9.24. The second-order valence-electron chi connectivity index (χ2n) is 7.35. The van der Waals surface area contributed by atoms with Crippen LogP contribution in [-0.2, 0) is 33.2 Å². The fourth-order valence-corrected chi connectivity index (χ4v) is 6.34. The topological polar surface area (TPSA) is 69.7 Å². The molecule has 2 heterocycles. The highest BCUT2D eigenvalue weighted by molar-refractivity contribution is 7.86. The van der Waals surface area contributed by atoms with Gasteiger partial charge >= 0.3 is 0 Å². The average Bonchev–Trinajstić information content (AvgIpc) is 3.22. The van der Waals surface area contributed by atoms with Gasteiger partial charge in [0.1, 0.15) is 11.0 Å². The van der Waals surface area contributed by atoms with Crippen LogP contribution in [0.4, 0.5) is 11.4 Å². The van der Waals surface area contributed by atoms with Crippen molar-refractivity contribution >= 4 is 39.3 Å². The molecule has 30 heavy (non-hydrogen) atoms. The van der Waals surface area contributed by atoms with Gasteiger partial charge in [-0.1, -0.05) is 13.0 Å². The van der Waals surface area contributed by atoms with Gasteiger partial charge < -0.3 is 5.32 Å². The normalized spacial score (nSPS) is 18.5. The zero-order valence-corrected chi connectivity index (χ0v) is 18.3. The van der Waals surface area contributed by atoms with E-state index < -0.39 is 22.0 Å². The van der Waals surface area contributed by atoms with Crippen LogP contribution in [0.5, 0.6) is 0 Å². The Hall–Kier alpha value is -2.29. The van der Waals surface area contributed by atoms with Crippen molar-refractivity contribution in [1.82, 2.24) is 4.31 Å². The van der Waals surface area contributed by atoms with Crippen molar-refractivity contribution in [1.29, 1.82) is 0 Å². The zero-order chi connectivity index (χ0) is 21.1. The molecule has 8 heteroatoms. The van der Waals surface area contributed by atoms with E-state index in [1.165, 1.54) is 12.5 Å². The molecule has 2 aliphatic rings. The molecule has 1 saturated heterocycles. The van der Waals surface area contributed by atoms with Gasteiger partial charge in [0.15, 0.2) is 11.0 Å². The number of carbonyl (C=O) groups is 1. The maximum atomic E-state index is 13.1. The Labute approximate surface area is 182 Å². The summed E-state index contributed by atoms with van der Waals surface area (Å²) in [5.74, 6) is -0.282. The number of hydrogen-bond acceptors (Lipinski definition) is 3. The van der Waals surface area contributed by atoms with Crippen molar-refractivity contribution in [2.75, 3.05) is 29.3 Å². The van der Waals surface area contributed by atoms with E-state index in [1.54, 1.807) is 24.3 Å². The molecule has 1 amide bonds. The van der Waals surface area contributed by atoms with Gasteiger partial charge in [-0.2, -0.15) is 0 Å². The summed E-state index contributed by atoms with van der Waals surface area (Å²) in [6, 6.07) is 12.8. The number of rotatable bonds is 6. The van der Waals surface area contributed by atoms with Crippen LogP contribution in [0.1, 0.15) is 24.8 Å². The molecule has 0 radical (unpaired) electrons. The van der Waals surface area contributed by atoms with Crippen molar-refractivity contribution in [2.45, 2.75) is 35.5 Å². The van der Waals surface area contributed by atoms with E-state index in [-0.39, 0.29) is 5.91 Å². The van der Waals surface area contributed by atoms with E-state index >= 15 is 0 Å². The van der Waals surface area contributed by atoms with Gasteiger partial charge in [0.05, 0.1) is 15.5 Å². The predicted molar refractivity (Wildman–Crippen MR) is 121 cm³/mol. The smallest absolute Gasteiger partial charge is 0.247 e. The molecule has 1 fully saturated rings. The molecular formula is C22H25N3O3S2. The molecule has 0 aromatic heterocycles. The standard InChI is InChI=1S/C22H25N3O3S2/c1-2-22(26)23-18-6-8-19(9-7-18)30(28)25-15-12-17-16-20(10-11-21(17)25)29(27)24-13-4-3-5-14-24/h2,6-11,16H,1,3-5,12-15H2,(H,23,26). The Bertz CT molecular complexity index is 1000. The Morgan fingerprint density at radius 1 is 0.933 bits per heavy atom. The van der Waals surface area contributed by atoms with Crippen LogP contribution in [0, 0.1) is 0 Å². The zero-order valence-electron chi connectivity index (χ0n) is 16.7. The van der Waals surface area contributed by atoms with Crippen LogP contribution < -0.4 is 9.62 Å². The molecule has 2 atom stereocenters. The summed E-state index contributed by atoms with van der Waals surface area (Å²) in [4.78, 5) is 12.9. The lowest BCUT2D eigenvalue weighted by atomic mass is 10.2. The van der Waals surface area contributed by atoms with E-state index in [1.807, 2.05) is 26.8 Å². The predicted octanol–water partition coefficient (Wildman–Crippen LogP) is 3.40. The van der Waals surface area contributed by atoms with Crippen LogP contribution in [0.3, 0.4) is 0 Å². The molecule has 2 aromatic carbocycles. The maximum Gasteiger partial charge on any atom is 0.247 e. The summed E-state index contributed by atoms with van der Waals surface area (Å²) in [5.41, 5.74) is 2.64. The number of anilines is 2. The first-order chi connectivity index (χ1) is 14.6. The van der Waals surface area contributed by atoms with E-state index in [0.717, 1.165) is 48.5 Å². The van der Waals surface area contributed by atoms with Crippen molar-refractivity contribution in [3.05, 3.63) is 60.7 Å². The van der Waals surface area contributed by atoms with Gasteiger partial charge in [0, 0.05) is 25.3 Å². The number of amides is 1. The molecule has 1 N–H and O–H groups in total. The van der Waals surface area contributed by atoms with Crippen molar-refractivity contribution in [3.63, 3.8) is 0 Å². The Morgan fingerprint density at radius 2 is 1.63 bits per heavy atom. The largest absolute Gasteiger partial charge is 0.323 e. The molecule has 158 valence electrons. The molecule has 2 unspecified atom stereocenters. The monoisotopic (exact) mass is 443 g/mol. The number of fused-ring (bicyclic) bond motifs is 1. The number of hydrogen-bond donors (Lipinski definition) is 1. The maximum absolute atomic E-state index is 13.1. The van der Waals surface area contributed by atoms with E-state index in [2.05, 4.69) is 11.9 Å². The van der Waals surface area contributed by atoms with Crippen LogP contribution >= 0.6 is 0 Å². The van der Waals surface area contributed by atoms with E-state index in [9.17, 15) is 13.2 Å². The van der Waals surface area contributed by atoms with Gasteiger partial charge in [0.25, 0.3) is 0 Å². The molecule has 2 aromatic rings. The SMILES string of the molecule is C=CC(=O)Nc1ccc(S(=O)N2CCc3cc(S(=O)N4CCCCC4)ccc32)cc1. The van der Waals surface area contributed by atoms with Gasteiger partial charge in [-0.3, -0.25) is 9.10 Å².